The molecule has 0 aliphatic carbocycles. The third-order valence-corrected chi connectivity index (χ3v) is 3.26. The topological polar surface area (TPSA) is 93.0 Å². The van der Waals surface area contributed by atoms with Crippen LogP contribution in [0.5, 0.6) is 17.2 Å². The lowest BCUT2D eigenvalue weighted by Gasteiger charge is -2.15. The lowest BCUT2D eigenvalue weighted by Crippen LogP contribution is -2.35. The second kappa shape index (κ2) is 5.79. The van der Waals surface area contributed by atoms with Crippen molar-refractivity contribution in [2.24, 2.45) is 0 Å². The predicted octanol–water partition coefficient (Wildman–Crippen LogP) is 0.515. The van der Waals surface area contributed by atoms with E-state index >= 15 is 0 Å². The number of nitrogens with zero attached hydrogens (tertiary/aromatic N) is 1. The Morgan fingerprint density at radius 2 is 1.84 bits per heavy atom. The molecule has 4 N–H and O–H groups in total. The summed E-state index contributed by atoms with van der Waals surface area (Å²) in [5.74, 6) is -1.22. The lowest BCUT2D eigenvalue weighted by atomic mass is 10.1. The molecule has 1 heterocycles. The highest BCUT2D eigenvalue weighted by molar-refractivity contribution is 5.78. The molecule has 1 aliphatic heterocycles. The normalized spacial score (nSPS) is 14.8. The molecule has 1 aromatic rings. The van der Waals surface area contributed by atoms with Crippen molar-refractivity contribution in [3.63, 3.8) is 0 Å². The van der Waals surface area contributed by atoms with Gasteiger partial charge in [0.15, 0.2) is 11.5 Å². The third kappa shape index (κ3) is 3.08. The van der Waals surface area contributed by atoms with Gasteiger partial charge in [0.25, 0.3) is 0 Å². The first kappa shape index (κ1) is 13.5. The molecular weight excluding hydrogens is 248 g/mol. The van der Waals surface area contributed by atoms with Gasteiger partial charge in [-0.2, -0.15) is 0 Å². The van der Waals surface area contributed by atoms with Gasteiger partial charge in [0.05, 0.1) is 6.54 Å². The maximum absolute atomic E-state index is 11.8. The number of carbonyl (C=O) groups is 1. The number of carbonyl (C=O) groups excluding carboxylic acids is 1. The van der Waals surface area contributed by atoms with Gasteiger partial charge in [-0.05, 0) is 18.9 Å². The number of phenols is 3. The Bertz CT molecular complexity index is 470. The van der Waals surface area contributed by atoms with Crippen LogP contribution in [0.4, 0.5) is 0 Å². The van der Waals surface area contributed by atoms with E-state index in [0.29, 0.717) is 5.56 Å². The van der Waals surface area contributed by atoms with Crippen molar-refractivity contribution in [1.82, 2.24) is 10.2 Å². The molecular formula is C13H18N2O4. The smallest absolute Gasteiger partial charge is 0.236 e. The molecule has 0 aromatic heterocycles. The fraction of sp³-hybridized carbons (Fsp3) is 0.462. The Balaban J connectivity index is 1.85. The van der Waals surface area contributed by atoms with E-state index in [1.165, 1.54) is 12.1 Å². The summed E-state index contributed by atoms with van der Waals surface area (Å²) >= 11 is 0. The summed E-state index contributed by atoms with van der Waals surface area (Å²) in [4.78, 5) is 13.6. The van der Waals surface area contributed by atoms with Crippen LogP contribution in [-0.4, -0.2) is 45.8 Å². The zero-order valence-corrected chi connectivity index (χ0v) is 10.6. The SMILES string of the molecule is O=C(CNCc1ccc(O)c(O)c1O)N1CCCC1. The van der Waals surface area contributed by atoms with Crippen molar-refractivity contribution >= 4 is 5.91 Å². The second-order valence-corrected chi connectivity index (χ2v) is 4.63. The standard InChI is InChI=1S/C13H18N2O4/c16-10-4-3-9(12(18)13(10)19)7-14-8-11(17)15-5-1-2-6-15/h3-4,14,16,18-19H,1-2,5-8H2. The first-order valence-electron chi connectivity index (χ1n) is 6.31. The van der Waals surface area contributed by atoms with Crippen LogP contribution < -0.4 is 5.32 Å². The average Bonchev–Trinajstić information content (AvgIpc) is 2.92. The summed E-state index contributed by atoms with van der Waals surface area (Å²) in [7, 11) is 0. The molecule has 19 heavy (non-hydrogen) atoms. The molecule has 6 nitrogen and oxygen atoms in total. The molecule has 104 valence electrons. The average molecular weight is 266 g/mol. The van der Waals surface area contributed by atoms with E-state index < -0.39 is 5.75 Å². The summed E-state index contributed by atoms with van der Waals surface area (Å²) in [6.45, 7) is 2.07. The van der Waals surface area contributed by atoms with Gasteiger partial charge in [-0.15, -0.1) is 0 Å². The van der Waals surface area contributed by atoms with E-state index in [0.717, 1.165) is 25.9 Å². The van der Waals surface area contributed by atoms with E-state index in [-0.39, 0.29) is 30.5 Å². The van der Waals surface area contributed by atoms with Crippen LogP contribution in [0.15, 0.2) is 12.1 Å². The summed E-state index contributed by atoms with van der Waals surface area (Å²) in [6, 6.07) is 2.80. The number of hydrogen-bond donors (Lipinski definition) is 4. The first-order chi connectivity index (χ1) is 9.09. The highest BCUT2D eigenvalue weighted by atomic mass is 16.3. The molecule has 0 spiro atoms. The van der Waals surface area contributed by atoms with E-state index in [1.807, 2.05) is 0 Å². The molecule has 0 atom stereocenters. The van der Waals surface area contributed by atoms with E-state index in [2.05, 4.69) is 5.32 Å². The molecule has 2 rings (SSSR count). The number of nitrogens with one attached hydrogen (secondary N) is 1. The predicted molar refractivity (Wildman–Crippen MR) is 69.0 cm³/mol. The van der Waals surface area contributed by atoms with Crippen LogP contribution >= 0.6 is 0 Å². The number of aromatic hydroxyl groups is 3. The zero-order chi connectivity index (χ0) is 13.8. The molecule has 0 bridgehead atoms. The van der Waals surface area contributed by atoms with Crippen LogP contribution in [0.25, 0.3) is 0 Å². The van der Waals surface area contributed by atoms with E-state index in [9.17, 15) is 20.1 Å². The molecule has 1 saturated heterocycles. The van der Waals surface area contributed by atoms with E-state index in [1.54, 1.807) is 4.90 Å². The highest BCUT2D eigenvalue weighted by Gasteiger charge is 2.17. The quantitative estimate of drug-likeness (QED) is 0.596. The van der Waals surface area contributed by atoms with Crippen LogP contribution in [0.1, 0.15) is 18.4 Å². The van der Waals surface area contributed by atoms with E-state index in [4.69, 9.17) is 0 Å². The molecule has 6 heteroatoms. The Morgan fingerprint density at radius 3 is 2.53 bits per heavy atom. The summed E-state index contributed by atoms with van der Waals surface area (Å²) in [5, 5.41) is 31.1. The van der Waals surface area contributed by atoms with Crippen molar-refractivity contribution in [1.29, 1.82) is 0 Å². The minimum absolute atomic E-state index is 0.0417. The second-order valence-electron chi connectivity index (χ2n) is 4.63. The van der Waals surface area contributed by atoms with Crippen molar-refractivity contribution in [2.45, 2.75) is 19.4 Å². The van der Waals surface area contributed by atoms with Crippen LogP contribution in [0.3, 0.4) is 0 Å². The fourth-order valence-electron chi connectivity index (χ4n) is 2.14. The van der Waals surface area contributed by atoms with Gasteiger partial charge in [-0.1, -0.05) is 6.07 Å². The van der Waals surface area contributed by atoms with Crippen molar-refractivity contribution in [3.05, 3.63) is 17.7 Å². The van der Waals surface area contributed by atoms with Crippen LogP contribution in [0.2, 0.25) is 0 Å². The molecule has 1 aromatic carbocycles. The van der Waals surface area contributed by atoms with Crippen molar-refractivity contribution in [3.8, 4) is 17.2 Å². The van der Waals surface area contributed by atoms with Crippen molar-refractivity contribution < 1.29 is 20.1 Å². The van der Waals surface area contributed by atoms with Gasteiger partial charge in [0.1, 0.15) is 0 Å². The number of amides is 1. The van der Waals surface area contributed by atoms with Crippen LogP contribution in [0, 0.1) is 0 Å². The number of phenolic OH excluding ortho intramolecular Hbond substituents is 3. The summed E-state index contributed by atoms with van der Waals surface area (Å²) in [6.07, 6.45) is 2.11. The molecule has 0 unspecified atom stereocenters. The highest BCUT2D eigenvalue weighted by Crippen LogP contribution is 2.36. The Morgan fingerprint density at radius 1 is 1.16 bits per heavy atom. The number of benzene rings is 1. The van der Waals surface area contributed by atoms with Gasteiger partial charge in [-0.3, -0.25) is 4.79 Å². The van der Waals surface area contributed by atoms with Gasteiger partial charge >= 0.3 is 0 Å². The lowest BCUT2D eigenvalue weighted by molar-refractivity contribution is -0.129. The maximum Gasteiger partial charge on any atom is 0.236 e. The summed E-state index contributed by atoms with van der Waals surface area (Å²) < 4.78 is 0. The monoisotopic (exact) mass is 266 g/mol. The molecule has 0 saturated carbocycles. The Hall–Kier alpha value is -1.95. The van der Waals surface area contributed by atoms with Gasteiger partial charge < -0.3 is 25.5 Å². The zero-order valence-electron chi connectivity index (χ0n) is 10.6. The summed E-state index contributed by atoms with van der Waals surface area (Å²) in [5.41, 5.74) is 0.435. The van der Waals surface area contributed by atoms with Crippen molar-refractivity contribution in [2.75, 3.05) is 19.6 Å². The number of likely N-dealkylation sites (tertiary alicyclic amines) is 1. The minimum atomic E-state index is -0.537. The number of hydrogen-bond acceptors (Lipinski definition) is 5. The van der Waals surface area contributed by atoms with Crippen LogP contribution in [-0.2, 0) is 11.3 Å². The first-order valence-corrected chi connectivity index (χ1v) is 6.31. The molecule has 1 amide bonds. The number of rotatable bonds is 4. The fourth-order valence-corrected chi connectivity index (χ4v) is 2.14. The minimum Gasteiger partial charge on any atom is -0.504 e. The molecule has 1 fully saturated rings. The third-order valence-electron chi connectivity index (χ3n) is 3.26. The maximum atomic E-state index is 11.8. The Labute approximate surface area is 111 Å². The van der Waals surface area contributed by atoms with Gasteiger partial charge in [0.2, 0.25) is 11.7 Å². The molecule has 1 aliphatic rings. The van der Waals surface area contributed by atoms with Gasteiger partial charge in [0, 0.05) is 25.2 Å². The van der Waals surface area contributed by atoms with Gasteiger partial charge in [-0.25, -0.2) is 0 Å². The molecule has 0 radical (unpaired) electrons. The largest absolute Gasteiger partial charge is 0.504 e. The Kier molecular flexibility index (Phi) is 4.11.